The van der Waals surface area contributed by atoms with Gasteiger partial charge in [-0.05, 0) is 30.5 Å². The van der Waals surface area contributed by atoms with E-state index in [4.69, 9.17) is 9.47 Å². The second-order valence-electron chi connectivity index (χ2n) is 6.92. The minimum atomic E-state index is -4.83. The Morgan fingerprint density at radius 3 is 2.37 bits per heavy atom. The molecule has 6 nitrogen and oxygen atoms in total. The van der Waals surface area contributed by atoms with Gasteiger partial charge in [-0.25, -0.2) is 4.79 Å². The second kappa shape index (κ2) is 8.64. The third kappa shape index (κ3) is 5.03. The molecule has 0 saturated heterocycles. The molecule has 0 heterocycles. The number of alkyl halides is 3. The molecule has 0 aromatic heterocycles. The van der Waals surface area contributed by atoms with Crippen molar-refractivity contribution in [1.29, 1.82) is 0 Å². The van der Waals surface area contributed by atoms with Crippen molar-refractivity contribution in [2.75, 3.05) is 14.2 Å². The Kier molecular flexibility index (Phi) is 6.19. The molecule has 0 aliphatic heterocycles. The number of nitrogens with one attached hydrogen (secondary N) is 1. The van der Waals surface area contributed by atoms with Gasteiger partial charge in [0.05, 0.1) is 18.2 Å². The van der Waals surface area contributed by atoms with Crippen LogP contribution in [0.25, 0.3) is 0 Å². The highest BCUT2D eigenvalue weighted by atomic mass is 19.4. The molecule has 1 aliphatic carbocycles. The standard InChI is InChI=1S/C21H21F3N2O4/c1-26(14-8-9-14)20(28)25-19(27)15-10-18(30-12-13-6-4-3-5-7-13)17(29-2)11-16(15)21(22,23)24/h3-7,10-11,14H,8-9,12H2,1-2H3,(H,25,27,28). The smallest absolute Gasteiger partial charge is 0.417 e. The van der Waals surface area contributed by atoms with Crippen LogP contribution in [0, 0.1) is 0 Å². The third-order valence-corrected chi connectivity index (χ3v) is 4.73. The molecule has 3 amide bonds. The summed E-state index contributed by atoms with van der Waals surface area (Å²) in [5.74, 6) is -1.37. The van der Waals surface area contributed by atoms with Crippen LogP contribution in [0.15, 0.2) is 42.5 Å². The highest BCUT2D eigenvalue weighted by Crippen LogP contribution is 2.39. The van der Waals surface area contributed by atoms with Crippen LogP contribution in [0.2, 0.25) is 0 Å². The number of urea groups is 1. The molecule has 1 fully saturated rings. The van der Waals surface area contributed by atoms with Crippen molar-refractivity contribution >= 4 is 11.9 Å². The summed E-state index contributed by atoms with van der Waals surface area (Å²) in [5, 5.41) is 2.02. The Labute approximate surface area is 171 Å². The molecule has 0 atom stereocenters. The van der Waals surface area contributed by atoms with Crippen LogP contribution in [-0.4, -0.2) is 37.0 Å². The van der Waals surface area contributed by atoms with Gasteiger partial charge in [-0.1, -0.05) is 30.3 Å². The topological polar surface area (TPSA) is 67.9 Å². The first-order chi connectivity index (χ1) is 14.2. The van der Waals surface area contributed by atoms with Gasteiger partial charge in [0.1, 0.15) is 6.61 Å². The molecule has 0 radical (unpaired) electrons. The van der Waals surface area contributed by atoms with Crippen molar-refractivity contribution in [2.24, 2.45) is 0 Å². The van der Waals surface area contributed by atoms with Gasteiger partial charge in [0, 0.05) is 13.1 Å². The first kappa shape index (κ1) is 21.5. The van der Waals surface area contributed by atoms with Gasteiger partial charge in [-0.3, -0.25) is 10.1 Å². The molecule has 2 aromatic rings. The largest absolute Gasteiger partial charge is 0.493 e. The van der Waals surface area contributed by atoms with E-state index in [1.807, 2.05) is 11.4 Å². The minimum absolute atomic E-state index is 0.000482. The number of ether oxygens (including phenoxy) is 2. The zero-order valence-electron chi connectivity index (χ0n) is 16.5. The number of benzene rings is 2. The molecule has 9 heteroatoms. The number of imide groups is 1. The number of rotatable bonds is 6. The average molecular weight is 422 g/mol. The molecule has 1 aliphatic rings. The quantitative estimate of drug-likeness (QED) is 0.756. The molecule has 3 rings (SSSR count). The number of nitrogens with zero attached hydrogens (tertiary/aromatic N) is 1. The van der Waals surface area contributed by atoms with E-state index >= 15 is 0 Å². The Bertz CT molecular complexity index is 928. The molecular weight excluding hydrogens is 401 g/mol. The number of halogens is 3. The van der Waals surface area contributed by atoms with Gasteiger partial charge in [-0.2, -0.15) is 13.2 Å². The summed E-state index contributed by atoms with van der Waals surface area (Å²) in [4.78, 5) is 26.0. The van der Waals surface area contributed by atoms with Gasteiger partial charge < -0.3 is 14.4 Å². The Hall–Kier alpha value is -3.23. The highest BCUT2D eigenvalue weighted by molar-refractivity contribution is 6.05. The molecule has 0 bridgehead atoms. The predicted molar refractivity (Wildman–Crippen MR) is 102 cm³/mol. The molecule has 160 valence electrons. The van der Waals surface area contributed by atoms with E-state index in [0.29, 0.717) is 6.07 Å². The SMILES string of the molecule is COc1cc(C(F)(F)F)c(C(=O)NC(=O)N(C)C2CC2)cc1OCc1ccccc1. The zero-order valence-corrected chi connectivity index (χ0v) is 16.5. The van der Waals surface area contributed by atoms with E-state index in [0.717, 1.165) is 24.5 Å². The van der Waals surface area contributed by atoms with Crippen LogP contribution in [-0.2, 0) is 12.8 Å². The monoisotopic (exact) mass is 422 g/mol. The van der Waals surface area contributed by atoms with Crippen molar-refractivity contribution in [3.63, 3.8) is 0 Å². The number of hydrogen-bond acceptors (Lipinski definition) is 4. The van der Waals surface area contributed by atoms with E-state index in [1.165, 1.54) is 19.1 Å². The van der Waals surface area contributed by atoms with Crippen molar-refractivity contribution in [3.8, 4) is 11.5 Å². The lowest BCUT2D eigenvalue weighted by molar-refractivity contribution is -0.138. The average Bonchev–Trinajstić information content (AvgIpc) is 3.56. The maximum absolute atomic E-state index is 13.6. The van der Waals surface area contributed by atoms with E-state index < -0.39 is 29.2 Å². The van der Waals surface area contributed by atoms with E-state index in [1.54, 1.807) is 24.3 Å². The molecule has 0 unspecified atom stereocenters. The summed E-state index contributed by atoms with van der Waals surface area (Å²) in [7, 11) is 2.70. The van der Waals surface area contributed by atoms with E-state index in [2.05, 4.69) is 0 Å². The van der Waals surface area contributed by atoms with Crippen LogP contribution < -0.4 is 14.8 Å². The highest BCUT2D eigenvalue weighted by Gasteiger charge is 2.38. The number of amides is 3. The maximum Gasteiger partial charge on any atom is 0.417 e. The molecule has 1 N–H and O–H groups in total. The van der Waals surface area contributed by atoms with E-state index in [9.17, 15) is 22.8 Å². The van der Waals surface area contributed by atoms with Gasteiger partial charge in [-0.15, -0.1) is 0 Å². The number of methoxy groups -OCH3 is 1. The normalized spacial score (nSPS) is 13.5. The van der Waals surface area contributed by atoms with Gasteiger partial charge in [0.15, 0.2) is 11.5 Å². The fraction of sp³-hybridized carbons (Fsp3) is 0.333. The molecular formula is C21H21F3N2O4. The van der Waals surface area contributed by atoms with Crippen molar-refractivity contribution in [1.82, 2.24) is 10.2 Å². The van der Waals surface area contributed by atoms with Gasteiger partial charge >= 0.3 is 12.2 Å². The van der Waals surface area contributed by atoms with Crippen LogP contribution in [0.4, 0.5) is 18.0 Å². The molecule has 0 spiro atoms. The first-order valence-corrected chi connectivity index (χ1v) is 9.24. The molecule has 2 aromatic carbocycles. The number of hydrogen-bond donors (Lipinski definition) is 1. The summed E-state index contributed by atoms with van der Waals surface area (Å²) in [6.45, 7) is 0.0625. The Balaban J connectivity index is 1.90. The molecule has 1 saturated carbocycles. The van der Waals surface area contributed by atoms with Crippen LogP contribution in [0.1, 0.15) is 34.3 Å². The minimum Gasteiger partial charge on any atom is -0.493 e. The lowest BCUT2D eigenvalue weighted by Gasteiger charge is -2.19. The summed E-state index contributed by atoms with van der Waals surface area (Å²) in [5.41, 5.74) is -1.15. The zero-order chi connectivity index (χ0) is 21.9. The first-order valence-electron chi connectivity index (χ1n) is 9.24. The summed E-state index contributed by atoms with van der Waals surface area (Å²) >= 11 is 0. The molecule has 30 heavy (non-hydrogen) atoms. The Morgan fingerprint density at radius 1 is 1.13 bits per heavy atom. The fourth-order valence-corrected chi connectivity index (χ4v) is 2.87. The predicted octanol–water partition coefficient (Wildman–Crippen LogP) is 4.24. The van der Waals surface area contributed by atoms with Crippen molar-refractivity contribution < 1.29 is 32.2 Å². The summed E-state index contributed by atoms with van der Waals surface area (Å²) < 4.78 is 51.3. The van der Waals surface area contributed by atoms with Crippen LogP contribution >= 0.6 is 0 Å². The number of carbonyl (C=O) groups is 2. The van der Waals surface area contributed by atoms with Gasteiger partial charge in [0.25, 0.3) is 5.91 Å². The maximum atomic E-state index is 13.6. The van der Waals surface area contributed by atoms with Crippen LogP contribution in [0.5, 0.6) is 11.5 Å². The van der Waals surface area contributed by atoms with Gasteiger partial charge in [0.2, 0.25) is 0 Å². The Morgan fingerprint density at radius 2 is 1.80 bits per heavy atom. The van der Waals surface area contributed by atoms with Crippen molar-refractivity contribution in [2.45, 2.75) is 31.7 Å². The number of carbonyl (C=O) groups excluding carboxylic acids is 2. The summed E-state index contributed by atoms with van der Waals surface area (Å²) in [6, 6.07) is 9.88. The van der Waals surface area contributed by atoms with Crippen molar-refractivity contribution in [3.05, 3.63) is 59.2 Å². The van der Waals surface area contributed by atoms with E-state index in [-0.39, 0.29) is 24.1 Å². The lowest BCUT2D eigenvalue weighted by atomic mass is 10.0. The van der Waals surface area contributed by atoms with Crippen LogP contribution in [0.3, 0.4) is 0 Å². The second-order valence-corrected chi connectivity index (χ2v) is 6.92. The summed E-state index contributed by atoms with van der Waals surface area (Å²) in [6.07, 6.45) is -3.23. The lowest BCUT2D eigenvalue weighted by Crippen LogP contribution is -2.42. The third-order valence-electron chi connectivity index (χ3n) is 4.73. The fourth-order valence-electron chi connectivity index (χ4n) is 2.87.